The van der Waals surface area contributed by atoms with Gasteiger partial charge in [-0.05, 0) is 37.0 Å². The number of hydrogen-bond acceptors (Lipinski definition) is 4. The monoisotopic (exact) mass is 384 g/mol. The highest BCUT2D eigenvalue weighted by Crippen LogP contribution is 2.29. The maximum atomic E-state index is 12.5. The van der Waals surface area contributed by atoms with Crippen LogP contribution in [0.2, 0.25) is 0 Å². The molecule has 2 amide bonds. The lowest BCUT2D eigenvalue weighted by atomic mass is 9.95. The number of nitrogens with zero attached hydrogens (tertiary/aromatic N) is 1. The molecule has 1 aromatic rings. The molecule has 6 nitrogen and oxygen atoms in total. The van der Waals surface area contributed by atoms with Crippen LogP contribution in [0.5, 0.6) is 11.5 Å². The van der Waals surface area contributed by atoms with Crippen LogP contribution in [0, 0.1) is 5.92 Å². The number of carbonyl (C=O) groups excluding carboxylic acids is 2. The minimum atomic E-state index is -2.95. The molecule has 1 heterocycles. The summed E-state index contributed by atoms with van der Waals surface area (Å²) in [7, 11) is 1.37. The summed E-state index contributed by atoms with van der Waals surface area (Å²) in [5.41, 5.74) is 0.635. The first-order chi connectivity index (χ1) is 12.9. The van der Waals surface area contributed by atoms with Gasteiger partial charge in [0.25, 0.3) is 0 Å². The fourth-order valence-electron chi connectivity index (χ4n) is 3.12. The molecule has 0 radical (unpaired) electrons. The van der Waals surface area contributed by atoms with Crippen molar-refractivity contribution in [2.24, 2.45) is 5.92 Å². The van der Waals surface area contributed by atoms with Crippen molar-refractivity contribution in [1.82, 2.24) is 10.2 Å². The molecule has 1 fully saturated rings. The molecular formula is C19H26F2N2O4. The van der Waals surface area contributed by atoms with Gasteiger partial charge < -0.3 is 19.7 Å². The third kappa shape index (κ3) is 6.08. The highest BCUT2D eigenvalue weighted by Gasteiger charge is 2.26. The van der Waals surface area contributed by atoms with Gasteiger partial charge in [-0.15, -0.1) is 0 Å². The van der Waals surface area contributed by atoms with E-state index in [1.165, 1.54) is 19.2 Å². The molecule has 8 heteroatoms. The summed E-state index contributed by atoms with van der Waals surface area (Å²) in [6.07, 6.45) is 2.61. The van der Waals surface area contributed by atoms with Crippen molar-refractivity contribution in [2.75, 3.05) is 20.2 Å². The molecule has 0 aromatic heterocycles. The van der Waals surface area contributed by atoms with E-state index in [4.69, 9.17) is 4.74 Å². The van der Waals surface area contributed by atoms with Gasteiger partial charge in [0, 0.05) is 32.0 Å². The third-order valence-electron chi connectivity index (χ3n) is 4.59. The zero-order valence-corrected chi connectivity index (χ0v) is 15.7. The van der Waals surface area contributed by atoms with Crippen LogP contribution in [-0.4, -0.2) is 43.5 Å². The Hall–Kier alpha value is -2.38. The molecule has 0 bridgehead atoms. The number of nitrogens with one attached hydrogen (secondary N) is 1. The van der Waals surface area contributed by atoms with Gasteiger partial charge in [0.2, 0.25) is 11.8 Å². The van der Waals surface area contributed by atoms with Gasteiger partial charge in [-0.25, -0.2) is 0 Å². The van der Waals surface area contributed by atoms with Crippen molar-refractivity contribution in [3.63, 3.8) is 0 Å². The second-order valence-corrected chi connectivity index (χ2v) is 6.49. The largest absolute Gasteiger partial charge is 0.493 e. The maximum absolute atomic E-state index is 12.5. The van der Waals surface area contributed by atoms with E-state index < -0.39 is 6.61 Å². The van der Waals surface area contributed by atoms with Gasteiger partial charge in [0.1, 0.15) is 0 Å². The number of halogens is 2. The van der Waals surface area contributed by atoms with Gasteiger partial charge in [0.05, 0.1) is 7.11 Å². The van der Waals surface area contributed by atoms with E-state index in [1.807, 2.05) is 11.8 Å². The van der Waals surface area contributed by atoms with E-state index >= 15 is 0 Å². The minimum Gasteiger partial charge on any atom is -0.493 e. The number of amides is 2. The lowest BCUT2D eigenvalue weighted by molar-refractivity contribution is -0.135. The number of carbonyl (C=O) groups is 2. The number of benzene rings is 1. The van der Waals surface area contributed by atoms with Crippen molar-refractivity contribution in [2.45, 2.75) is 45.8 Å². The molecule has 1 aliphatic heterocycles. The number of rotatable bonds is 8. The molecule has 1 N–H and O–H groups in total. The smallest absolute Gasteiger partial charge is 0.387 e. The Labute approximate surface area is 157 Å². The molecule has 0 saturated carbocycles. The number of alkyl halides is 2. The topological polar surface area (TPSA) is 67.9 Å². The Balaban J connectivity index is 1.86. The van der Waals surface area contributed by atoms with E-state index in [-0.39, 0.29) is 35.8 Å². The third-order valence-corrected chi connectivity index (χ3v) is 4.59. The predicted octanol–water partition coefficient (Wildman–Crippen LogP) is 2.95. The Morgan fingerprint density at radius 1 is 1.26 bits per heavy atom. The van der Waals surface area contributed by atoms with Crippen LogP contribution >= 0.6 is 0 Å². The summed E-state index contributed by atoms with van der Waals surface area (Å²) in [6, 6.07) is 4.64. The van der Waals surface area contributed by atoms with Crippen LogP contribution in [0.15, 0.2) is 18.2 Å². The quantitative estimate of drug-likeness (QED) is 0.748. The van der Waals surface area contributed by atoms with Crippen molar-refractivity contribution in [3.05, 3.63) is 23.8 Å². The second-order valence-electron chi connectivity index (χ2n) is 6.49. The van der Waals surface area contributed by atoms with Gasteiger partial charge in [-0.1, -0.05) is 13.0 Å². The number of methoxy groups -OCH3 is 1. The summed E-state index contributed by atoms with van der Waals surface area (Å²) in [4.78, 5) is 26.1. The number of piperidine rings is 1. The van der Waals surface area contributed by atoms with Crippen LogP contribution < -0.4 is 14.8 Å². The Morgan fingerprint density at radius 3 is 2.56 bits per heavy atom. The van der Waals surface area contributed by atoms with Crippen LogP contribution in [0.4, 0.5) is 8.78 Å². The Bertz CT molecular complexity index is 647. The number of hydrogen-bond donors (Lipinski definition) is 1. The van der Waals surface area contributed by atoms with Gasteiger partial charge >= 0.3 is 6.61 Å². The van der Waals surface area contributed by atoms with Gasteiger partial charge in [-0.2, -0.15) is 8.78 Å². The normalized spacial score (nSPS) is 14.9. The molecule has 1 aliphatic rings. The lowest BCUT2D eigenvalue weighted by Gasteiger charge is -2.31. The van der Waals surface area contributed by atoms with Crippen LogP contribution in [0.1, 0.15) is 38.2 Å². The standard InChI is InChI=1S/C19H26F2N2O4/c1-3-4-17(24)23-9-7-14(8-10-23)18(25)22-12-13-5-6-15(26-2)16(11-13)27-19(20)21/h5-6,11,14,19H,3-4,7-10,12H2,1-2H3,(H,22,25). The van der Waals surface area contributed by atoms with Crippen molar-refractivity contribution >= 4 is 11.8 Å². The first kappa shape index (κ1) is 20.9. The van der Waals surface area contributed by atoms with E-state index in [0.29, 0.717) is 37.9 Å². The predicted molar refractivity (Wildman–Crippen MR) is 95.7 cm³/mol. The highest BCUT2D eigenvalue weighted by molar-refractivity contribution is 5.80. The fraction of sp³-hybridized carbons (Fsp3) is 0.579. The van der Waals surface area contributed by atoms with E-state index in [9.17, 15) is 18.4 Å². The summed E-state index contributed by atoms with van der Waals surface area (Å²) < 4.78 is 34.4. The zero-order chi connectivity index (χ0) is 19.8. The second kappa shape index (κ2) is 10.1. The molecule has 0 spiro atoms. The van der Waals surface area contributed by atoms with E-state index in [2.05, 4.69) is 10.1 Å². The van der Waals surface area contributed by atoms with Crippen molar-refractivity contribution in [1.29, 1.82) is 0 Å². The Morgan fingerprint density at radius 2 is 1.96 bits per heavy atom. The fourth-order valence-corrected chi connectivity index (χ4v) is 3.12. The van der Waals surface area contributed by atoms with Crippen molar-refractivity contribution in [3.8, 4) is 11.5 Å². The SMILES string of the molecule is CCCC(=O)N1CCC(C(=O)NCc2ccc(OC)c(OC(F)F)c2)CC1. The average molecular weight is 384 g/mol. The average Bonchev–Trinajstić information content (AvgIpc) is 2.66. The molecule has 0 aliphatic carbocycles. The summed E-state index contributed by atoms with van der Waals surface area (Å²) in [5, 5.41) is 2.83. The number of ether oxygens (including phenoxy) is 2. The first-order valence-corrected chi connectivity index (χ1v) is 9.11. The molecule has 0 unspecified atom stereocenters. The van der Waals surface area contributed by atoms with Gasteiger partial charge in [-0.3, -0.25) is 9.59 Å². The van der Waals surface area contributed by atoms with Crippen LogP contribution in [0.25, 0.3) is 0 Å². The molecule has 150 valence electrons. The summed E-state index contributed by atoms with van der Waals surface area (Å²) >= 11 is 0. The van der Waals surface area contributed by atoms with Gasteiger partial charge in [0.15, 0.2) is 11.5 Å². The summed E-state index contributed by atoms with van der Waals surface area (Å²) in [5.74, 6) is 0.0353. The minimum absolute atomic E-state index is 0.0676. The highest BCUT2D eigenvalue weighted by atomic mass is 19.3. The zero-order valence-electron chi connectivity index (χ0n) is 15.7. The summed E-state index contributed by atoms with van der Waals surface area (Å²) in [6.45, 7) is 0.397. The van der Waals surface area contributed by atoms with Crippen molar-refractivity contribution < 1.29 is 27.8 Å². The van der Waals surface area contributed by atoms with E-state index in [0.717, 1.165) is 6.42 Å². The maximum Gasteiger partial charge on any atom is 0.387 e. The number of likely N-dealkylation sites (tertiary alicyclic amines) is 1. The lowest BCUT2D eigenvalue weighted by Crippen LogP contribution is -2.42. The Kier molecular flexibility index (Phi) is 7.82. The van der Waals surface area contributed by atoms with E-state index in [1.54, 1.807) is 6.07 Å². The molecular weight excluding hydrogens is 358 g/mol. The molecule has 0 atom stereocenters. The van der Waals surface area contributed by atoms with Crippen LogP contribution in [-0.2, 0) is 16.1 Å². The first-order valence-electron chi connectivity index (χ1n) is 9.11. The van der Waals surface area contributed by atoms with Crippen LogP contribution in [0.3, 0.4) is 0 Å². The molecule has 27 heavy (non-hydrogen) atoms. The molecule has 1 aromatic carbocycles. The molecule has 2 rings (SSSR count). The molecule has 1 saturated heterocycles.